The number of nitrogens with zero attached hydrogens (tertiary/aromatic N) is 2. The van der Waals surface area contributed by atoms with Crippen LogP contribution in [0.15, 0.2) is 59.5 Å². The number of hydrogen-bond donors (Lipinski definition) is 0. The van der Waals surface area contributed by atoms with Crippen molar-refractivity contribution in [2.45, 2.75) is 18.2 Å². The Kier molecular flexibility index (Phi) is 5.33. The first-order valence-electron chi connectivity index (χ1n) is 8.39. The van der Waals surface area contributed by atoms with E-state index in [1.807, 2.05) is 19.1 Å². The minimum Gasteiger partial charge on any atom is -0.300 e. The zero-order valence-corrected chi connectivity index (χ0v) is 14.9. The molecular formula is C19H24N2O2S. The van der Waals surface area contributed by atoms with Crippen LogP contribution in [0.3, 0.4) is 0 Å². The number of aryl methyl sites for hydroxylation is 1. The van der Waals surface area contributed by atoms with Crippen molar-refractivity contribution in [3.05, 3.63) is 65.7 Å². The summed E-state index contributed by atoms with van der Waals surface area (Å²) in [7, 11) is -3.37. The van der Waals surface area contributed by atoms with Crippen LogP contribution in [0.5, 0.6) is 0 Å². The van der Waals surface area contributed by atoms with Crippen LogP contribution in [0.4, 0.5) is 0 Å². The van der Waals surface area contributed by atoms with Crippen molar-refractivity contribution in [1.82, 2.24) is 9.21 Å². The highest BCUT2D eigenvalue weighted by Gasteiger charge is 2.28. The Balaban J connectivity index is 1.56. The molecule has 4 nitrogen and oxygen atoms in total. The summed E-state index contributed by atoms with van der Waals surface area (Å²) in [5.41, 5.74) is 2.30. The van der Waals surface area contributed by atoms with Crippen molar-refractivity contribution < 1.29 is 8.42 Å². The Hall–Kier alpha value is -1.69. The van der Waals surface area contributed by atoms with Crippen LogP contribution in [-0.4, -0.2) is 50.3 Å². The van der Waals surface area contributed by atoms with E-state index in [1.165, 1.54) is 5.56 Å². The largest absolute Gasteiger partial charge is 0.300 e. The van der Waals surface area contributed by atoms with Crippen LogP contribution in [-0.2, 0) is 16.4 Å². The van der Waals surface area contributed by atoms with Crippen molar-refractivity contribution in [2.75, 3.05) is 32.7 Å². The van der Waals surface area contributed by atoms with Gasteiger partial charge in [-0.25, -0.2) is 8.42 Å². The molecule has 24 heavy (non-hydrogen) atoms. The molecule has 5 heteroatoms. The molecule has 1 heterocycles. The van der Waals surface area contributed by atoms with Gasteiger partial charge in [0.05, 0.1) is 4.90 Å². The highest BCUT2D eigenvalue weighted by atomic mass is 32.2. The molecule has 1 saturated heterocycles. The van der Waals surface area contributed by atoms with Crippen LogP contribution in [0.1, 0.15) is 11.1 Å². The fraction of sp³-hybridized carbons (Fsp3) is 0.368. The summed E-state index contributed by atoms with van der Waals surface area (Å²) in [5.74, 6) is 0. The van der Waals surface area contributed by atoms with E-state index in [9.17, 15) is 8.42 Å². The van der Waals surface area contributed by atoms with Gasteiger partial charge in [0.25, 0.3) is 0 Å². The van der Waals surface area contributed by atoms with E-state index in [0.717, 1.165) is 31.6 Å². The van der Waals surface area contributed by atoms with Gasteiger partial charge in [0.2, 0.25) is 10.0 Å². The summed E-state index contributed by atoms with van der Waals surface area (Å²) >= 11 is 0. The summed E-state index contributed by atoms with van der Waals surface area (Å²) in [6, 6.07) is 17.6. The van der Waals surface area contributed by atoms with Crippen molar-refractivity contribution >= 4 is 10.0 Å². The Morgan fingerprint density at radius 2 is 1.62 bits per heavy atom. The average molecular weight is 344 g/mol. The van der Waals surface area contributed by atoms with Gasteiger partial charge in [0, 0.05) is 32.7 Å². The lowest BCUT2D eigenvalue weighted by molar-refractivity contribution is 0.190. The van der Waals surface area contributed by atoms with Crippen LogP contribution < -0.4 is 0 Å². The summed E-state index contributed by atoms with van der Waals surface area (Å²) < 4.78 is 27.1. The summed E-state index contributed by atoms with van der Waals surface area (Å²) in [6.45, 7) is 5.59. The molecule has 0 amide bonds. The first kappa shape index (κ1) is 17.1. The zero-order valence-electron chi connectivity index (χ0n) is 14.1. The third kappa shape index (κ3) is 4.04. The second-order valence-electron chi connectivity index (χ2n) is 6.30. The minimum absolute atomic E-state index is 0.403. The average Bonchev–Trinajstić information content (AvgIpc) is 2.61. The maximum Gasteiger partial charge on any atom is 0.243 e. The van der Waals surface area contributed by atoms with E-state index >= 15 is 0 Å². The second-order valence-corrected chi connectivity index (χ2v) is 8.24. The molecule has 0 atom stereocenters. The van der Waals surface area contributed by atoms with Crippen molar-refractivity contribution in [3.63, 3.8) is 0 Å². The quantitative estimate of drug-likeness (QED) is 0.837. The molecule has 2 aromatic rings. The van der Waals surface area contributed by atoms with Crippen LogP contribution in [0.25, 0.3) is 0 Å². The van der Waals surface area contributed by atoms with Gasteiger partial charge in [0.15, 0.2) is 0 Å². The van der Waals surface area contributed by atoms with E-state index in [0.29, 0.717) is 18.0 Å². The van der Waals surface area contributed by atoms with Crippen molar-refractivity contribution in [1.29, 1.82) is 0 Å². The molecule has 0 spiro atoms. The third-order valence-corrected chi connectivity index (χ3v) is 6.41. The molecule has 0 bridgehead atoms. The van der Waals surface area contributed by atoms with E-state index in [-0.39, 0.29) is 0 Å². The highest BCUT2D eigenvalue weighted by molar-refractivity contribution is 7.89. The van der Waals surface area contributed by atoms with Gasteiger partial charge in [-0.2, -0.15) is 4.31 Å². The monoisotopic (exact) mass is 344 g/mol. The van der Waals surface area contributed by atoms with Gasteiger partial charge < -0.3 is 4.90 Å². The molecule has 0 aromatic heterocycles. The lowest BCUT2D eigenvalue weighted by Gasteiger charge is -2.34. The minimum atomic E-state index is -3.37. The Bertz CT molecular complexity index is 767. The normalized spacial score (nSPS) is 17.0. The molecular weight excluding hydrogens is 320 g/mol. The topological polar surface area (TPSA) is 40.6 Å². The van der Waals surface area contributed by atoms with Crippen molar-refractivity contribution in [3.8, 4) is 0 Å². The van der Waals surface area contributed by atoms with Gasteiger partial charge >= 0.3 is 0 Å². The number of piperazine rings is 1. The smallest absolute Gasteiger partial charge is 0.243 e. The van der Waals surface area contributed by atoms with E-state index in [1.54, 1.807) is 22.5 Å². The molecule has 1 aliphatic rings. The third-order valence-electron chi connectivity index (χ3n) is 4.52. The lowest BCUT2D eigenvalue weighted by atomic mass is 10.1. The van der Waals surface area contributed by atoms with Crippen LogP contribution >= 0.6 is 0 Å². The van der Waals surface area contributed by atoms with Crippen LogP contribution in [0, 0.1) is 6.92 Å². The Labute approximate surface area is 144 Å². The van der Waals surface area contributed by atoms with Gasteiger partial charge in [-0.1, -0.05) is 42.5 Å². The predicted octanol–water partition coefficient (Wildman–Crippen LogP) is 2.54. The molecule has 0 aliphatic carbocycles. The zero-order chi connectivity index (χ0) is 17.0. The summed E-state index contributed by atoms with van der Waals surface area (Å²) in [4.78, 5) is 2.75. The van der Waals surface area contributed by atoms with E-state index < -0.39 is 10.0 Å². The first-order valence-corrected chi connectivity index (χ1v) is 9.83. The van der Waals surface area contributed by atoms with Gasteiger partial charge in [-0.3, -0.25) is 0 Å². The molecule has 2 aromatic carbocycles. The van der Waals surface area contributed by atoms with Crippen LogP contribution in [0.2, 0.25) is 0 Å². The van der Waals surface area contributed by atoms with Gasteiger partial charge in [0.1, 0.15) is 0 Å². The SMILES string of the molecule is Cc1cccc(S(=O)(=O)N2CCN(CCc3ccccc3)CC2)c1. The first-order chi connectivity index (χ1) is 11.6. The Morgan fingerprint density at radius 1 is 0.917 bits per heavy atom. The van der Waals surface area contributed by atoms with Gasteiger partial charge in [-0.15, -0.1) is 0 Å². The predicted molar refractivity (Wildman–Crippen MR) is 96.5 cm³/mol. The maximum atomic E-state index is 12.7. The summed E-state index contributed by atoms with van der Waals surface area (Å²) in [5, 5.41) is 0. The fourth-order valence-corrected chi connectivity index (χ4v) is 4.58. The number of benzene rings is 2. The van der Waals surface area contributed by atoms with Gasteiger partial charge in [-0.05, 0) is 36.6 Å². The lowest BCUT2D eigenvalue weighted by Crippen LogP contribution is -2.49. The molecule has 128 valence electrons. The molecule has 1 fully saturated rings. The standard InChI is InChI=1S/C19H24N2O2S/c1-17-6-5-9-19(16-17)24(22,23)21-14-12-20(13-15-21)11-10-18-7-3-2-4-8-18/h2-9,16H,10-15H2,1H3. The number of sulfonamides is 1. The molecule has 0 saturated carbocycles. The highest BCUT2D eigenvalue weighted by Crippen LogP contribution is 2.18. The molecule has 1 aliphatic heterocycles. The maximum absolute atomic E-state index is 12.7. The number of rotatable bonds is 5. The molecule has 3 rings (SSSR count). The van der Waals surface area contributed by atoms with E-state index in [4.69, 9.17) is 0 Å². The fourth-order valence-electron chi connectivity index (χ4n) is 3.05. The molecule has 0 N–H and O–H groups in total. The number of hydrogen-bond acceptors (Lipinski definition) is 3. The molecule has 0 unspecified atom stereocenters. The molecule has 0 radical (unpaired) electrons. The Morgan fingerprint density at radius 3 is 2.29 bits per heavy atom. The van der Waals surface area contributed by atoms with E-state index in [2.05, 4.69) is 29.2 Å². The summed E-state index contributed by atoms with van der Waals surface area (Å²) in [6.07, 6.45) is 1.01. The second kappa shape index (κ2) is 7.47. The van der Waals surface area contributed by atoms with Crippen molar-refractivity contribution in [2.24, 2.45) is 0 Å².